The summed E-state index contributed by atoms with van der Waals surface area (Å²) < 4.78 is 0. The van der Waals surface area contributed by atoms with E-state index in [2.05, 4.69) is 89.3 Å². The molecule has 0 nitrogen and oxygen atoms in total. The predicted octanol–water partition coefficient (Wildman–Crippen LogP) is 0.381. The molecule has 0 saturated heterocycles. The van der Waals surface area contributed by atoms with Gasteiger partial charge in [-0.2, -0.15) is 17.2 Å². The first-order chi connectivity index (χ1) is 10.7. The fourth-order valence-electron chi connectivity index (χ4n) is 2.21. The molecule has 2 aromatic carbocycles. The molecule has 136 valence electrons. The van der Waals surface area contributed by atoms with Crippen molar-refractivity contribution in [2.75, 3.05) is 0 Å². The number of fused-ring (bicyclic) bond motifs is 1. The molecule has 0 radical (unpaired) electrons. The molecule has 3 rings (SSSR count). The average molecular weight is 471 g/mol. The molecule has 0 amide bonds. The Balaban J connectivity index is 0. The van der Waals surface area contributed by atoms with Crippen LogP contribution in [0.2, 0.25) is 13.1 Å². The van der Waals surface area contributed by atoms with Crippen LogP contribution in [-0.2, 0) is 23.3 Å². The van der Waals surface area contributed by atoms with E-state index in [9.17, 15) is 0 Å². The van der Waals surface area contributed by atoms with E-state index >= 15 is 0 Å². The van der Waals surface area contributed by atoms with Gasteiger partial charge >= 0.3 is 41.9 Å². The van der Waals surface area contributed by atoms with Crippen molar-refractivity contribution in [1.29, 1.82) is 0 Å². The fraction of sp³-hybridized carbons (Fsp3) is 0.381. The van der Waals surface area contributed by atoms with Gasteiger partial charge in [0.25, 0.3) is 0 Å². The summed E-state index contributed by atoms with van der Waals surface area (Å²) in [6.45, 7) is 13.5. The van der Waals surface area contributed by atoms with Crippen molar-refractivity contribution in [3.8, 4) is 0 Å². The number of aryl methyl sites for hydroxylation is 1. The number of rotatable bonds is 0. The van der Waals surface area contributed by atoms with Crippen LogP contribution in [0.5, 0.6) is 0 Å². The van der Waals surface area contributed by atoms with E-state index in [4.69, 9.17) is 0 Å². The first kappa shape index (κ1) is 27.2. The van der Waals surface area contributed by atoms with Crippen LogP contribution in [-0.4, -0.2) is 5.43 Å². The molecule has 1 aliphatic carbocycles. The molecule has 0 saturated carbocycles. The summed E-state index contributed by atoms with van der Waals surface area (Å²) in [5, 5.41) is 2.72. The molecule has 0 heterocycles. The number of benzene rings is 1. The molecule has 0 aliphatic heterocycles. The van der Waals surface area contributed by atoms with E-state index in [1.54, 1.807) is 23.3 Å². The van der Waals surface area contributed by atoms with Crippen molar-refractivity contribution in [3.05, 3.63) is 65.8 Å². The average Bonchev–Trinajstić information content (AvgIpc) is 3.09. The molecule has 0 fully saturated rings. The summed E-state index contributed by atoms with van der Waals surface area (Å²) in [7, 11) is 0. The van der Waals surface area contributed by atoms with Crippen molar-refractivity contribution < 1.29 is 48.1 Å². The standard InChI is InChI=1S/C10H9.C9H13.C2H6Si.2ClH.Zr/c1-8-6-7-9-4-2-3-5-10(8)9;1-9(2,3)8-6-4-5-7-8;1-3-2;;;/h2-7H,1H3;4,6H,7H2,1-3H3;1-2H3;2*1H;/q2*-1;;;;+2/p-2. The first-order valence-electron chi connectivity index (χ1n) is 8.11. The Morgan fingerprint density at radius 1 is 1.12 bits per heavy atom. The van der Waals surface area contributed by atoms with Gasteiger partial charge in [-0.1, -0.05) is 33.8 Å². The molecule has 0 bridgehead atoms. The van der Waals surface area contributed by atoms with Gasteiger partial charge in [-0.05, 0) is 5.41 Å². The SMILES string of the molecule is CC(C)(C)C1=CC=[C-]C1.C[Si](C)=[Zr+2].Cc1c[cH-]c2ccccc12.[Cl-].[Cl-]. The van der Waals surface area contributed by atoms with Gasteiger partial charge in [-0.3, -0.25) is 6.08 Å². The van der Waals surface area contributed by atoms with Crippen LogP contribution in [0, 0.1) is 18.4 Å². The maximum Gasteiger partial charge on any atom is -0.0809 e. The second kappa shape index (κ2) is 13.2. The summed E-state index contributed by atoms with van der Waals surface area (Å²) in [6.07, 6.45) is 8.37. The molecule has 2 aromatic rings. The Bertz CT molecular complexity index is 702. The summed E-state index contributed by atoms with van der Waals surface area (Å²) >= 11 is 1.74. The van der Waals surface area contributed by atoms with Crippen LogP contribution in [0.4, 0.5) is 0 Å². The maximum absolute atomic E-state index is 3.16. The zero-order valence-corrected chi connectivity index (χ0v) is 21.1. The number of hydrogen-bond acceptors (Lipinski definition) is 0. The molecule has 0 aromatic heterocycles. The van der Waals surface area contributed by atoms with Gasteiger partial charge in [0.2, 0.25) is 0 Å². The van der Waals surface area contributed by atoms with Crippen molar-refractivity contribution in [2.24, 2.45) is 5.41 Å². The first-order valence-corrected chi connectivity index (χ1v) is 14.3. The summed E-state index contributed by atoms with van der Waals surface area (Å²) in [6, 6.07) is 12.8. The molecule has 0 spiro atoms. The Hall–Kier alpha value is -0.0100. The molecule has 25 heavy (non-hydrogen) atoms. The van der Waals surface area contributed by atoms with E-state index in [-0.39, 0.29) is 30.2 Å². The van der Waals surface area contributed by atoms with Crippen LogP contribution in [0.25, 0.3) is 10.8 Å². The Morgan fingerprint density at radius 3 is 2.08 bits per heavy atom. The predicted molar refractivity (Wildman–Crippen MR) is 102 cm³/mol. The van der Waals surface area contributed by atoms with Crippen molar-refractivity contribution in [3.63, 3.8) is 0 Å². The molecule has 1 aliphatic rings. The van der Waals surface area contributed by atoms with Gasteiger partial charge in [-0.25, -0.2) is 12.2 Å². The van der Waals surface area contributed by atoms with E-state index < -0.39 is 0 Å². The van der Waals surface area contributed by atoms with Crippen molar-refractivity contribution >= 4 is 16.2 Å². The number of allylic oxidation sites excluding steroid dienone is 4. The zero-order valence-electron chi connectivity index (χ0n) is 16.1. The monoisotopic (exact) mass is 468 g/mol. The minimum Gasteiger partial charge on any atom is -1.00 e. The van der Waals surface area contributed by atoms with Crippen LogP contribution >= 0.6 is 0 Å². The van der Waals surface area contributed by atoms with E-state index in [1.165, 1.54) is 21.9 Å². The minimum absolute atomic E-state index is 0. The zero-order chi connectivity index (χ0) is 17.5. The number of hydrogen-bond donors (Lipinski definition) is 0. The van der Waals surface area contributed by atoms with Crippen LogP contribution in [0.3, 0.4) is 0 Å². The smallest absolute Gasteiger partial charge is 0.0809 e. The summed E-state index contributed by atoms with van der Waals surface area (Å²) in [5.74, 6) is 0. The van der Waals surface area contributed by atoms with Gasteiger partial charge in [0.15, 0.2) is 0 Å². The molecule has 0 N–H and O–H groups in total. The maximum atomic E-state index is 3.16. The van der Waals surface area contributed by atoms with E-state index in [0.717, 1.165) is 6.42 Å². The third-order valence-electron chi connectivity index (χ3n) is 3.56. The van der Waals surface area contributed by atoms with Gasteiger partial charge in [0.1, 0.15) is 0 Å². The Labute approximate surface area is 181 Å². The van der Waals surface area contributed by atoms with Crippen LogP contribution in [0.1, 0.15) is 32.8 Å². The Kier molecular flexibility index (Phi) is 14.4. The molecule has 0 atom stereocenters. The third-order valence-corrected chi connectivity index (χ3v) is 3.56. The number of halogens is 2. The Morgan fingerprint density at radius 2 is 1.68 bits per heavy atom. The fourth-order valence-corrected chi connectivity index (χ4v) is 2.21. The molecular weight excluding hydrogens is 442 g/mol. The summed E-state index contributed by atoms with van der Waals surface area (Å²) in [5.41, 5.74) is 3.42. The topological polar surface area (TPSA) is 0 Å². The summed E-state index contributed by atoms with van der Waals surface area (Å²) in [4.78, 5) is 0. The molecule has 0 unspecified atom stereocenters. The minimum atomic E-state index is 0. The normalized spacial score (nSPS) is 11.9. The van der Waals surface area contributed by atoms with Gasteiger partial charge < -0.3 is 24.8 Å². The second-order valence-corrected chi connectivity index (χ2v) is 16.5. The second-order valence-electron chi connectivity index (χ2n) is 7.09. The van der Waals surface area contributed by atoms with Crippen LogP contribution in [0.15, 0.2) is 54.1 Å². The van der Waals surface area contributed by atoms with Gasteiger partial charge in [0.05, 0.1) is 0 Å². The van der Waals surface area contributed by atoms with Gasteiger partial charge in [0, 0.05) is 0 Å². The molecule has 4 heteroatoms. The van der Waals surface area contributed by atoms with Crippen LogP contribution < -0.4 is 24.8 Å². The van der Waals surface area contributed by atoms with Crippen molar-refractivity contribution in [2.45, 2.75) is 47.2 Å². The largest absolute Gasteiger partial charge is 1.00 e. The van der Waals surface area contributed by atoms with E-state index in [1.807, 2.05) is 6.08 Å². The quantitative estimate of drug-likeness (QED) is 0.386. The van der Waals surface area contributed by atoms with E-state index in [0.29, 0.717) is 5.41 Å². The molecular formula is C21H28Cl2SiZr-2. The third kappa shape index (κ3) is 10.7. The van der Waals surface area contributed by atoms with Crippen molar-refractivity contribution in [1.82, 2.24) is 0 Å². The van der Waals surface area contributed by atoms with Gasteiger partial charge in [-0.15, -0.1) is 41.5 Å².